The number of carbonyl (C=O) groups excluding carboxylic acids is 1. The van der Waals surface area contributed by atoms with Crippen LogP contribution in [0.3, 0.4) is 0 Å². The summed E-state index contributed by atoms with van der Waals surface area (Å²) in [4.78, 5) is 18.3. The van der Waals surface area contributed by atoms with Gasteiger partial charge in [-0.1, -0.05) is 48.9 Å². The minimum absolute atomic E-state index is 0.0296. The third kappa shape index (κ3) is 6.08. The zero-order valence-corrected chi connectivity index (χ0v) is 20.5. The van der Waals surface area contributed by atoms with Crippen LogP contribution in [-0.4, -0.2) is 69.3 Å². The molecule has 1 aliphatic rings. The third-order valence-corrected chi connectivity index (χ3v) is 6.17. The fourth-order valence-electron chi connectivity index (χ4n) is 4.46. The molecule has 3 rings (SSSR count). The number of rotatable bonds is 9. The first kappa shape index (κ1) is 24.6. The molecule has 1 aliphatic heterocycles. The molecule has 6 nitrogen and oxygen atoms in total. The van der Waals surface area contributed by atoms with Gasteiger partial charge >= 0.3 is 0 Å². The van der Waals surface area contributed by atoms with Crippen molar-refractivity contribution in [3.8, 4) is 17.2 Å². The highest BCUT2D eigenvalue weighted by molar-refractivity contribution is 5.96. The predicted molar refractivity (Wildman–Crippen MR) is 132 cm³/mol. The zero-order valence-electron chi connectivity index (χ0n) is 20.5. The molecule has 1 unspecified atom stereocenters. The Hall–Kier alpha value is -2.99. The summed E-state index contributed by atoms with van der Waals surface area (Å²) in [5, 5.41) is 0. The van der Waals surface area contributed by atoms with E-state index in [2.05, 4.69) is 37.0 Å². The second kappa shape index (κ2) is 11.8. The van der Waals surface area contributed by atoms with Gasteiger partial charge in [0.05, 0.1) is 21.3 Å². The number of hydrogen-bond donors (Lipinski definition) is 0. The monoisotopic (exact) mass is 452 g/mol. The summed E-state index contributed by atoms with van der Waals surface area (Å²) in [6, 6.07) is 13.8. The van der Waals surface area contributed by atoms with Crippen LogP contribution in [0.25, 0.3) is 6.08 Å². The molecule has 1 heterocycles. The van der Waals surface area contributed by atoms with Crippen LogP contribution in [0.5, 0.6) is 17.2 Å². The molecular weight excluding hydrogens is 416 g/mol. The number of methoxy groups -OCH3 is 3. The highest BCUT2D eigenvalue weighted by Gasteiger charge is 2.30. The predicted octanol–water partition coefficient (Wildman–Crippen LogP) is 4.74. The average molecular weight is 453 g/mol. The number of ether oxygens (including phenoxy) is 3. The zero-order chi connectivity index (χ0) is 23.8. The van der Waals surface area contributed by atoms with Gasteiger partial charge in [-0.15, -0.1) is 0 Å². The Labute approximate surface area is 197 Å². The molecule has 0 N–H and O–H groups in total. The Morgan fingerprint density at radius 1 is 1.09 bits per heavy atom. The molecule has 0 spiro atoms. The molecule has 0 saturated carbocycles. The Balaban J connectivity index is 1.96. The first-order valence-electron chi connectivity index (χ1n) is 11.6. The number of benzene rings is 2. The SMILES string of the molecule is CCN1CCCC(N(C/C(C)=C\c2ccccc2)C(=O)c2cc(OC)c(OC)c(OC)c2)C1. The van der Waals surface area contributed by atoms with Gasteiger partial charge in [-0.3, -0.25) is 4.79 Å². The van der Waals surface area contributed by atoms with Crippen molar-refractivity contribution in [2.45, 2.75) is 32.7 Å². The van der Waals surface area contributed by atoms with E-state index in [0.29, 0.717) is 29.4 Å². The van der Waals surface area contributed by atoms with Gasteiger partial charge in [-0.05, 0) is 50.6 Å². The Morgan fingerprint density at radius 2 is 1.76 bits per heavy atom. The van der Waals surface area contributed by atoms with Crippen molar-refractivity contribution in [3.05, 3.63) is 59.2 Å². The minimum atomic E-state index is -0.0296. The van der Waals surface area contributed by atoms with Gasteiger partial charge in [0.2, 0.25) is 5.75 Å². The van der Waals surface area contributed by atoms with Crippen LogP contribution in [0, 0.1) is 0 Å². The number of likely N-dealkylation sites (N-methyl/N-ethyl adjacent to an activating group) is 1. The van der Waals surface area contributed by atoms with Crippen molar-refractivity contribution in [1.82, 2.24) is 9.80 Å². The van der Waals surface area contributed by atoms with Crippen molar-refractivity contribution < 1.29 is 19.0 Å². The van der Waals surface area contributed by atoms with E-state index in [1.54, 1.807) is 33.5 Å². The van der Waals surface area contributed by atoms with Crippen LogP contribution in [0.1, 0.15) is 42.6 Å². The van der Waals surface area contributed by atoms with E-state index < -0.39 is 0 Å². The summed E-state index contributed by atoms with van der Waals surface area (Å²) in [5.74, 6) is 1.42. The fourth-order valence-corrected chi connectivity index (χ4v) is 4.46. The second-order valence-corrected chi connectivity index (χ2v) is 8.44. The molecule has 2 aromatic rings. The maximum absolute atomic E-state index is 13.9. The molecule has 1 fully saturated rings. The Morgan fingerprint density at radius 3 is 2.33 bits per heavy atom. The average Bonchev–Trinajstić information content (AvgIpc) is 2.86. The Bertz CT molecular complexity index is 933. The number of likely N-dealkylation sites (tertiary alicyclic amines) is 1. The van der Waals surface area contributed by atoms with Crippen molar-refractivity contribution >= 4 is 12.0 Å². The minimum Gasteiger partial charge on any atom is -0.493 e. The lowest BCUT2D eigenvalue weighted by atomic mass is 10.0. The molecule has 178 valence electrons. The van der Waals surface area contributed by atoms with E-state index in [0.717, 1.165) is 43.6 Å². The van der Waals surface area contributed by atoms with E-state index in [4.69, 9.17) is 14.2 Å². The molecule has 0 aliphatic carbocycles. The normalized spacial score (nSPS) is 16.9. The highest BCUT2D eigenvalue weighted by atomic mass is 16.5. The summed E-state index contributed by atoms with van der Waals surface area (Å²) in [6.07, 6.45) is 4.22. The van der Waals surface area contributed by atoms with Gasteiger partial charge in [0.1, 0.15) is 0 Å². The van der Waals surface area contributed by atoms with Crippen LogP contribution in [0.4, 0.5) is 0 Å². The topological polar surface area (TPSA) is 51.2 Å². The van der Waals surface area contributed by atoms with E-state index in [1.165, 1.54) is 0 Å². The molecule has 1 atom stereocenters. The largest absolute Gasteiger partial charge is 0.493 e. The van der Waals surface area contributed by atoms with Crippen LogP contribution in [-0.2, 0) is 0 Å². The van der Waals surface area contributed by atoms with E-state index in [9.17, 15) is 4.79 Å². The lowest BCUT2D eigenvalue weighted by molar-refractivity contribution is 0.0577. The smallest absolute Gasteiger partial charge is 0.254 e. The molecule has 1 saturated heterocycles. The third-order valence-electron chi connectivity index (χ3n) is 6.17. The highest BCUT2D eigenvalue weighted by Crippen LogP contribution is 2.38. The van der Waals surface area contributed by atoms with Gasteiger partial charge in [-0.25, -0.2) is 0 Å². The van der Waals surface area contributed by atoms with Gasteiger partial charge in [-0.2, -0.15) is 0 Å². The van der Waals surface area contributed by atoms with Gasteiger partial charge in [0, 0.05) is 24.7 Å². The molecule has 0 bridgehead atoms. The van der Waals surface area contributed by atoms with Crippen LogP contribution < -0.4 is 14.2 Å². The summed E-state index contributed by atoms with van der Waals surface area (Å²) < 4.78 is 16.4. The second-order valence-electron chi connectivity index (χ2n) is 8.44. The summed E-state index contributed by atoms with van der Waals surface area (Å²) in [5.41, 5.74) is 2.80. The molecule has 1 amide bonds. The molecular formula is C27H36N2O4. The molecule has 33 heavy (non-hydrogen) atoms. The van der Waals surface area contributed by atoms with Crippen molar-refractivity contribution in [3.63, 3.8) is 0 Å². The summed E-state index contributed by atoms with van der Waals surface area (Å²) in [6.45, 7) is 7.77. The first-order chi connectivity index (χ1) is 16.0. The molecule has 0 aromatic heterocycles. The lowest BCUT2D eigenvalue weighted by Crippen LogP contribution is -2.50. The quantitative estimate of drug-likeness (QED) is 0.550. The van der Waals surface area contributed by atoms with E-state index >= 15 is 0 Å². The molecule has 6 heteroatoms. The maximum atomic E-state index is 13.9. The number of piperidine rings is 1. The number of carbonyl (C=O) groups is 1. The van der Waals surface area contributed by atoms with Crippen molar-refractivity contribution in [2.75, 3.05) is 47.5 Å². The van der Waals surface area contributed by atoms with Crippen molar-refractivity contribution in [1.29, 1.82) is 0 Å². The van der Waals surface area contributed by atoms with E-state index in [-0.39, 0.29) is 11.9 Å². The van der Waals surface area contributed by atoms with Crippen molar-refractivity contribution in [2.24, 2.45) is 0 Å². The van der Waals surface area contributed by atoms with Gasteiger partial charge in [0.25, 0.3) is 5.91 Å². The maximum Gasteiger partial charge on any atom is 0.254 e. The number of nitrogens with zero attached hydrogens (tertiary/aromatic N) is 2. The Kier molecular flexibility index (Phi) is 8.78. The van der Waals surface area contributed by atoms with E-state index in [1.807, 2.05) is 23.1 Å². The lowest BCUT2D eigenvalue weighted by Gasteiger charge is -2.39. The molecule has 0 radical (unpaired) electrons. The van der Waals surface area contributed by atoms with Gasteiger partial charge < -0.3 is 24.0 Å². The van der Waals surface area contributed by atoms with Crippen LogP contribution >= 0.6 is 0 Å². The van der Waals surface area contributed by atoms with Gasteiger partial charge in [0.15, 0.2) is 11.5 Å². The number of amides is 1. The summed E-state index contributed by atoms with van der Waals surface area (Å²) in [7, 11) is 4.69. The molecule has 2 aromatic carbocycles. The standard InChI is InChI=1S/C27H36N2O4/c1-6-28-14-10-13-23(19-28)29(18-20(2)15-21-11-8-7-9-12-21)27(30)22-16-24(31-3)26(33-5)25(17-22)32-4/h7-9,11-12,15-17,23H,6,10,13-14,18-19H2,1-5H3/b20-15-. The van der Waals surface area contributed by atoms with Crippen LogP contribution in [0.15, 0.2) is 48.0 Å². The summed E-state index contributed by atoms with van der Waals surface area (Å²) >= 11 is 0. The fraction of sp³-hybridized carbons (Fsp3) is 0.444. The first-order valence-corrected chi connectivity index (χ1v) is 11.6. The van der Waals surface area contributed by atoms with Crippen LogP contribution in [0.2, 0.25) is 0 Å². The number of hydrogen-bond acceptors (Lipinski definition) is 5.